The molecule has 1 aromatic carbocycles. The second kappa shape index (κ2) is 8.94. The zero-order valence-corrected chi connectivity index (χ0v) is 17.3. The van der Waals surface area contributed by atoms with Gasteiger partial charge in [0.15, 0.2) is 5.13 Å². The van der Waals surface area contributed by atoms with Crippen LogP contribution in [0.25, 0.3) is 0 Å². The van der Waals surface area contributed by atoms with Gasteiger partial charge in [-0.3, -0.25) is 19.7 Å². The lowest BCUT2D eigenvalue weighted by Gasteiger charge is -2.06. The second-order valence-corrected chi connectivity index (χ2v) is 7.76. The Bertz CT molecular complexity index is 1060. The molecule has 0 aliphatic heterocycles. The standard InChI is InChI=1S/C19H17BrN4O3S/c1-11-8-13(3-5-15(11)20)22-17(26)7-4-14-10-28-19(23-14)24-18(27)12-2-6-16(25)21-9-12/h2-3,5-6,8-10H,4,7H2,1H3,(H,21,25)(H,22,26)(H,23,24,27). The minimum Gasteiger partial charge on any atom is -0.328 e. The van der Waals surface area contributed by atoms with Gasteiger partial charge < -0.3 is 10.3 Å². The molecular formula is C19H17BrN4O3S. The van der Waals surface area contributed by atoms with Gasteiger partial charge in [-0.05, 0) is 43.2 Å². The fraction of sp³-hybridized carbons (Fsp3) is 0.158. The lowest BCUT2D eigenvalue weighted by atomic mass is 10.2. The van der Waals surface area contributed by atoms with Crippen LogP contribution in [0.5, 0.6) is 0 Å². The Morgan fingerprint density at radius 3 is 2.75 bits per heavy atom. The first kappa shape index (κ1) is 20.0. The SMILES string of the molecule is Cc1cc(NC(=O)CCc2csc(NC(=O)c3ccc(=O)[nH]c3)n2)ccc1Br. The fourth-order valence-electron chi connectivity index (χ4n) is 2.39. The average molecular weight is 461 g/mol. The highest BCUT2D eigenvalue weighted by Crippen LogP contribution is 2.21. The molecule has 0 aliphatic carbocycles. The number of nitrogens with zero attached hydrogens (tertiary/aromatic N) is 1. The van der Waals surface area contributed by atoms with Crippen LogP contribution >= 0.6 is 27.3 Å². The molecule has 7 nitrogen and oxygen atoms in total. The van der Waals surface area contributed by atoms with Gasteiger partial charge in [-0.2, -0.15) is 0 Å². The van der Waals surface area contributed by atoms with E-state index in [0.717, 1.165) is 21.4 Å². The summed E-state index contributed by atoms with van der Waals surface area (Å²) in [6, 6.07) is 8.35. The highest BCUT2D eigenvalue weighted by Gasteiger charge is 2.11. The van der Waals surface area contributed by atoms with Crippen molar-refractivity contribution in [1.29, 1.82) is 0 Å². The lowest BCUT2D eigenvalue weighted by molar-refractivity contribution is -0.116. The zero-order valence-electron chi connectivity index (χ0n) is 14.9. The molecule has 2 aromatic heterocycles. The molecule has 3 rings (SSSR count). The van der Waals surface area contributed by atoms with Crippen LogP contribution in [0.4, 0.5) is 10.8 Å². The number of nitrogens with one attached hydrogen (secondary N) is 3. The number of thiazole rings is 1. The van der Waals surface area contributed by atoms with Gasteiger partial charge in [-0.15, -0.1) is 11.3 Å². The molecule has 0 saturated heterocycles. The third-order valence-corrected chi connectivity index (χ3v) is 5.56. The van der Waals surface area contributed by atoms with E-state index in [1.165, 1.54) is 29.7 Å². The molecule has 0 spiro atoms. The Balaban J connectivity index is 1.52. The second-order valence-electron chi connectivity index (χ2n) is 6.05. The molecule has 0 fully saturated rings. The maximum atomic E-state index is 12.1. The van der Waals surface area contributed by atoms with Gasteiger partial charge >= 0.3 is 0 Å². The van der Waals surface area contributed by atoms with Crippen LogP contribution in [0, 0.1) is 6.92 Å². The number of amides is 2. The summed E-state index contributed by atoms with van der Waals surface area (Å²) in [4.78, 5) is 42.1. The summed E-state index contributed by atoms with van der Waals surface area (Å²) in [5.41, 5.74) is 2.58. The monoisotopic (exact) mass is 460 g/mol. The smallest absolute Gasteiger partial charge is 0.258 e. The minimum absolute atomic E-state index is 0.103. The molecule has 144 valence electrons. The lowest BCUT2D eigenvalue weighted by Crippen LogP contribution is -2.14. The van der Waals surface area contributed by atoms with E-state index >= 15 is 0 Å². The van der Waals surface area contributed by atoms with Gasteiger partial charge in [0.05, 0.1) is 11.3 Å². The summed E-state index contributed by atoms with van der Waals surface area (Å²) in [6.07, 6.45) is 2.10. The Morgan fingerprint density at radius 2 is 2.04 bits per heavy atom. The molecule has 0 aliphatic rings. The van der Waals surface area contributed by atoms with Crippen LogP contribution in [0.15, 0.2) is 51.2 Å². The molecule has 3 aromatic rings. The molecule has 9 heteroatoms. The van der Waals surface area contributed by atoms with E-state index in [2.05, 4.69) is 36.5 Å². The van der Waals surface area contributed by atoms with Crippen molar-refractivity contribution in [3.05, 3.63) is 73.6 Å². The van der Waals surface area contributed by atoms with Gasteiger partial charge in [0.1, 0.15) is 0 Å². The largest absolute Gasteiger partial charge is 0.328 e. The number of carbonyl (C=O) groups excluding carboxylic acids is 2. The highest BCUT2D eigenvalue weighted by atomic mass is 79.9. The molecule has 28 heavy (non-hydrogen) atoms. The van der Waals surface area contributed by atoms with Gasteiger partial charge in [0.25, 0.3) is 5.91 Å². The van der Waals surface area contributed by atoms with E-state index in [9.17, 15) is 14.4 Å². The Labute approximate surface area is 173 Å². The number of anilines is 2. The number of aryl methyl sites for hydroxylation is 2. The molecule has 0 saturated carbocycles. The summed E-state index contributed by atoms with van der Waals surface area (Å²) >= 11 is 4.71. The number of hydrogen-bond acceptors (Lipinski definition) is 5. The van der Waals surface area contributed by atoms with Crippen LogP contribution in [0.3, 0.4) is 0 Å². The number of rotatable bonds is 6. The van der Waals surface area contributed by atoms with Crippen LogP contribution in [-0.4, -0.2) is 21.8 Å². The normalized spacial score (nSPS) is 10.5. The summed E-state index contributed by atoms with van der Waals surface area (Å²) in [6.45, 7) is 1.96. The number of hydrogen-bond donors (Lipinski definition) is 3. The van der Waals surface area contributed by atoms with Crippen LogP contribution in [-0.2, 0) is 11.2 Å². The predicted molar refractivity (Wildman–Crippen MR) is 113 cm³/mol. The first-order valence-corrected chi connectivity index (χ1v) is 10.1. The van der Waals surface area contributed by atoms with Crippen LogP contribution < -0.4 is 16.2 Å². The topological polar surface area (TPSA) is 104 Å². The first-order chi connectivity index (χ1) is 13.4. The average Bonchev–Trinajstić information content (AvgIpc) is 3.11. The van der Waals surface area contributed by atoms with E-state index in [0.29, 0.717) is 17.1 Å². The van der Waals surface area contributed by atoms with Crippen molar-refractivity contribution in [2.75, 3.05) is 10.6 Å². The number of H-pyrrole nitrogens is 1. The van der Waals surface area contributed by atoms with Gasteiger partial charge in [-0.1, -0.05) is 15.9 Å². The molecule has 0 radical (unpaired) electrons. The number of halogens is 1. The predicted octanol–water partition coefficient (Wildman–Crippen LogP) is 3.73. The summed E-state index contributed by atoms with van der Waals surface area (Å²) in [5.74, 6) is -0.464. The van der Waals surface area contributed by atoms with Crippen molar-refractivity contribution >= 4 is 49.9 Å². The Hall–Kier alpha value is -2.78. The van der Waals surface area contributed by atoms with Crippen molar-refractivity contribution in [2.24, 2.45) is 0 Å². The van der Waals surface area contributed by atoms with Crippen molar-refractivity contribution in [1.82, 2.24) is 9.97 Å². The van der Waals surface area contributed by atoms with Crippen molar-refractivity contribution < 1.29 is 9.59 Å². The quantitative estimate of drug-likeness (QED) is 0.521. The summed E-state index contributed by atoms with van der Waals surface area (Å²) in [7, 11) is 0. The maximum absolute atomic E-state index is 12.1. The van der Waals surface area contributed by atoms with Crippen molar-refractivity contribution in [3.8, 4) is 0 Å². The summed E-state index contributed by atoms with van der Waals surface area (Å²) < 4.78 is 0.990. The molecule has 2 heterocycles. The first-order valence-electron chi connectivity index (χ1n) is 8.41. The van der Waals surface area contributed by atoms with E-state index in [1.54, 1.807) is 5.38 Å². The van der Waals surface area contributed by atoms with Gasteiger partial charge in [0.2, 0.25) is 11.5 Å². The maximum Gasteiger partial charge on any atom is 0.258 e. The van der Waals surface area contributed by atoms with Crippen LogP contribution in [0.2, 0.25) is 0 Å². The number of pyridine rings is 1. The van der Waals surface area contributed by atoms with Crippen molar-refractivity contribution in [2.45, 2.75) is 19.8 Å². The summed E-state index contributed by atoms with van der Waals surface area (Å²) in [5, 5.41) is 7.79. The van der Waals surface area contributed by atoms with Crippen molar-refractivity contribution in [3.63, 3.8) is 0 Å². The third kappa shape index (κ3) is 5.37. The number of benzene rings is 1. The van der Waals surface area contributed by atoms with E-state index in [1.807, 2.05) is 25.1 Å². The van der Waals surface area contributed by atoms with E-state index in [4.69, 9.17) is 0 Å². The van der Waals surface area contributed by atoms with Crippen LogP contribution in [0.1, 0.15) is 28.0 Å². The fourth-order valence-corrected chi connectivity index (χ4v) is 3.37. The van der Waals surface area contributed by atoms with E-state index < -0.39 is 0 Å². The molecule has 2 amide bonds. The Kier molecular flexibility index (Phi) is 6.37. The number of aromatic amines is 1. The zero-order chi connectivity index (χ0) is 20.1. The van der Waals surface area contributed by atoms with Gasteiger partial charge in [0, 0.05) is 34.2 Å². The molecule has 0 unspecified atom stereocenters. The third-order valence-electron chi connectivity index (χ3n) is 3.87. The van der Waals surface area contributed by atoms with E-state index in [-0.39, 0.29) is 23.8 Å². The molecule has 3 N–H and O–H groups in total. The number of aromatic nitrogens is 2. The Morgan fingerprint density at radius 1 is 1.21 bits per heavy atom. The molecule has 0 bridgehead atoms. The molecular weight excluding hydrogens is 444 g/mol. The highest BCUT2D eigenvalue weighted by molar-refractivity contribution is 9.10. The van der Waals surface area contributed by atoms with Gasteiger partial charge in [-0.25, -0.2) is 4.98 Å². The molecule has 0 atom stereocenters. The number of carbonyl (C=O) groups is 2. The minimum atomic E-state index is -0.361.